The smallest absolute Gasteiger partial charge is 0.355 e. The van der Waals surface area contributed by atoms with Crippen LogP contribution in [-0.2, 0) is 6.42 Å². The third-order valence-electron chi connectivity index (χ3n) is 4.18. The van der Waals surface area contributed by atoms with Gasteiger partial charge >= 0.3 is 12.0 Å². The van der Waals surface area contributed by atoms with Crippen molar-refractivity contribution in [2.24, 2.45) is 11.8 Å². The first-order valence-corrected chi connectivity index (χ1v) is 8.07. The summed E-state index contributed by atoms with van der Waals surface area (Å²) in [7, 11) is 0. The Kier molecular flexibility index (Phi) is 5.17. The van der Waals surface area contributed by atoms with Gasteiger partial charge in [-0.15, -0.1) is 11.3 Å². The molecule has 0 aliphatic heterocycles. The zero-order valence-corrected chi connectivity index (χ0v) is 13.1. The molecule has 0 spiro atoms. The standard InChI is InChI=1S/C14H21N3O3S/c1-8-3-4-10(9(8)2)17-14(20)15-6-5-12-16-11(7-21-12)13(18)19/h7-10H,3-6H2,1-2H3,(H,18,19)(H2,15,17,20). The molecule has 1 aliphatic carbocycles. The number of nitrogens with one attached hydrogen (secondary N) is 2. The third-order valence-corrected chi connectivity index (χ3v) is 5.09. The number of hydrogen-bond acceptors (Lipinski definition) is 4. The van der Waals surface area contributed by atoms with Gasteiger partial charge in [0.15, 0.2) is 5.69 Å². The van der Waals surface area contributed by atoms with E-state index in [-0.39, 0.29) is 17.8 Å². The van der Waals surface area contributed by atoms with E-state index in [4.69, 9.17) is 5.11 Å². The van der Waals surface area contributed by atoms with Crippen LogP contribution in [0.1, 0.15) is 42.2 Å². The van der Waals surface area contributed by atoms with Crippen molar-refractivity contribution in [2.75, 3.05) is 6.54 Å². The Hall–Kier alpha value is -1.63. The van der Waals surface area contributed by atoms with Gasteiger partial charge in [0, 0.05) is 24.4 Å². The fraction of sp³-hybridized carbons (Fsp3) is 0.643. The van der Waals surface area contributed by atoms with Gasteiger partial charge in [0.05, 0.1) is 5.01 Å². The van der Waals surface area contributed by atoms with E-state index < -0.39 is 5.97 Å². The van der Waals surface area contributed by atoms with E-state index in [0.29, 0.717) is 24.8 Å². The van der Waals surface area contributed by atoms with Crippen molar-refractivity contribution in [3.05, 3.63) is 16.1 Å². The molecular formula is C14H21N3O3S. The van der Waals surface area contributed by atoms with E-state index in [9.17, 15) is 9.59 Å². The van der Waals surface area contributed by atoms with Crippen LogP contribution in [0.5, 0.6) is 0 Å². The Bertz CT molecular complexity index is 517. The van der Waals surface area contributed by atoms with Gasteiger partial charge in [0.25, 0.3) is 0 Å². The van der Waals surface area contributed by atoms with E-state index in [0.717, 1.165) is 17.8 Å². The number of hydrogen-bond donors (Lipinski definition) is 3. The van der Waals surface area contributed by atoms with Crippen LogP contribution in [0.15, 0.2) is 5.38 Å². The lowest BCUT2D eigenvalue weighted by Gasteiger charge is -2.19. The summed E-state index contributed by atoms with van der Waals surface area (Å²) in [5.74, 6) is 0.139. The van der Waals surface area contributed by atoms with Crippen LogP contribution in [0.2, 0.25) is 0 Å². The van der Waals surface area contributed by atoms with Crippen LogP contribution < -0.4 is 10.6 Å². The second-order valence-corrected chi connectivity index (χ2v) is 6.54. The number of thiazole rings is 1. The van der Waals surface area contributed by atoms with Gasteiger partial charge in [0.2, 0.25) is 0 Å². The first-order valence-electron chi connectivity index (χ1n) is 7.19. The Morgan fingerprint density at radius 1 is 1.43 bits per heavy atom. The van der Waals surface area contributed by atoms with Crippen LogP contribution in [0.3, 0.4) is 0 Å². The van der Waals surface area contributed by atoms with Crippen molar-refractivity contribution in [1.82, 2.24) is 15.6 Å². The van der Waals surface area contributed by atoms with Crippen molar-refractivity contribution in [3.8, 4) is 0 Å². The molecule has 3 unspecified atom stereocenters. The van der Waals surface area contributed by atoms with Gasteiger partial charge in [0.1, 0.15) is 0 Å². The third kappa shape index (κ3) is 4.17. The zero-order valence-electron chi connectivity index (χ0n) is 12.3. The predicted molar refractivity (Wildman–Crippen MR) is 80.7 cm³/mol. The minimum absolute atomic E-state index is 0.0632. The summed E-state index contributed by atoms with van der Waals surface area (Å²) in [5, 5.41) is 16.8. The van der Waals surface area contributed by atoms with Crippen LogP contribution in [0, 0.1) is 11.8 Å². The van der Waals surface area contributed by atoms with Gasteiger partial charge in [-0.3, -0.25) is 0 Å². The SMILES string of the molecule is CC1CCC(NC(=O)NCCc2nc(C(=O)O)cs2)C1C. The number of amides is 2. The zero-order chi connectivity index (χ0) is 15.4. The van der Waals surface area contributed by atoms with Gasteiger partial charge in [-0.2, -0.15) is 0 Å². The van der Waals surface area contributed by atoms with Gasteiger partial charge < -0.3 is 15.7 Å². The fourth-order valence-electron chi connectivity index (χ4n) is 2.59. The lowest BCUT2D eigenvalue weighted by atomic mass is 9.98. The largest absolute Gasteiger partial charge is 0.476 e. The van der Waals surface area contributed by atoms with Crippen molar-refractivity contribution < 1.29 is 14.7 Å². The van der Waals surface area contributed by atoms with Crippen molar-refractivity contribution in [2.45, 2.75) is 39.2 Å². The number of carbonyl (C=O) groups is 2. The molecule has 7 heteroatoms. The lowest BCUT2D eigenvalue weighted by molar-refractivity contribution is 0.0691. The first kappa shape index (κ1) is 15.8. The maximum atomic E-state index is 11.8. The number of carboxylic acids is 1. The summed E-state index contributed by atoms with van der Waals surface area (Å²) >= 11 is 1.30. The Morgan fingerprint density at radius 3 is 2.76 bits per heavy atom. The Balaban J connectivity index is 1.70. The molecule has 2 rings (SSSR count). The number of aromatic nitrogens is 1. The molecule has 116 valence electrons. The highest BCUT2D eigenvalue weighted by molar-refractivity contribution is 7.09. The molecule has 0 aromatic carbocycles. The number of aromatic carboxylic acids is 1. The minimum atomic E-state index is -1.02. The second kappa shape index (κ2) is 6.89. The number of carboxylic acid groups (broad SMARTS) is 1. The molecule has 0 saturated heterocycles. The van der Waals surface area contributed by atoms with Crippen LogP contribution in [-0.4, -0.2) is 34.7 Å². The van der Waals surface area contributed by atoms with E-state index in [1.165, 1.54) is 16.7 Å². The average molecular weight is 311 g/mol. The van der Waals surface area contributed by atoms with Crippen LogP contribution in [0.4, 0.5) is 4.79 Å². The number of urea groups is 1. The van der Waals surface area contributed by atoms with Crippen molar-refractivity contribution in [1.29, 1.82) is 0 Å². The molecule has 0 bridgehead atoms. The summed E-state index contributed by atoms with van der Waals surface area (Å²) in [6.45, 7) is 4.84. The minimum Gasteiger partial charge on any atom is -0.476 e. The highest BCUT2D eigenvalue weighted by Gasteiger charge is 2.30. The number of rotatable bonds is 5. The molecule has 1 aromatic heterocycles. The molecule has 3 atom stereocenters. The van der Waals surface area contributed by atoms with E-state index in [1.807, 2.05) is 0 Å². The monoisotopic (exact) mass is 311 g/mol. The molecule has 1 aromatic rings. The molecule has 1 aliphatic rings. The van der Waals surface area contributed by atoms with E-state index in [1.54, 1.807) is 0 Å². The quantitative estimate of drug-likeness (QED) is 0.776. The summed E-state index contributed by atoms with van der Waals surface area (Å²) < 4.78 is 0. The Labute approximate surface area is 128 Å². The Morgan fingerprint density at radius 2 is 2.19 bits per heavy atom. The lowest BCUT2D eigenvalue weighted by Crippen LogP contribution is -2.44. The number of nitrogens with zero attached hydrogens (tertiary/aromatic N) is 1. The normalized spacial score (nSPS) is 24.8. The molecule has 3 N–H and O–H groups in total. The van der Waals surface area contributed by atoms with Gasteiger partial charge in [-0.25, -0.2) is 14.6 Å². The molecule has 21 heavy (non-hydrogen) atoms. The summed E-state index contributed by atoms with van der Waals surface area (Å²) in [5.41, 5.74) is 0.0632. The van der Waals surface area contributed by atoms with E-state index in [2.05, 4.69) is 29.5 Å². The molecular weight excluding hydrogens is 290 g/mol. The maximum absolute atomic E-state index is 11.8. The van der Waals surface area contributed by atoms with Gasteiger partial charge in [-0.1, -0.05) is 13.8 Å². The predicted octanol–water partition coefficient (Wildman–Crippen LogP) is 2.12. The first-order chi connectivity index (χ1) is 9.97. The number of carbonyl (C=O) groups excluding carboxylic acids is 1. The molecule has 6 nitrogen and oxygen atoms in total. The molecule has 0 radical (unpaired) electrons. The van der Waals surface area contributed by atoms with Crippen LogP contribution in [0.25, 0.3) is 0 Å². The highest BCUT2D eigenvalue weighted by Crippen LogP contribution is 2.30. The topological polar surface area (TPSA) is 91.3 Å². The average Bonchev–Trinajstić information content (AvgIpc) is 3.01. The van der Waals surface area contributed by atoms with Crippen molar-refractivity contribution in [3.63, 3.8) is 0 Å². The maximum Gasteiger partial charge on any atom is 0.355 e. The summed E-state index contributed by atoms with van der Waals surface area (Å²) in [6.07, 6.45) is 2.73. The molecule has 1 saturated carbocycles. The second-order valence-electron chi connectivity index (χ2n) is 5.60. The van der Waals surface area contributed by atoms with Crippen molar-refractivity contribution >= 4 is 23.3 Å². The fourth-order valence-corrected chi connectivity index (χ4v) is 3.37. The van der Waals surface area contributed by atoms with Crippen LogP contribution >= 0.6 is 11.3 Å². The van der Waals surface area contributed by atoms with Gasteiger partial charge in [-0.05, 0) is 24.7 Å². The highest BCUT2D eigenvalue weighted by atomic mass is 32.1. The van der Waals surface area contributed by atoms with E-state index >= 15 is 0 Å². The summed E-state index contributed by atoms with van der Waals surface area (Å²) in [4.78, 5) is 26.5. The summed E-state index contributed by atoms with van der Waals surface area (Å²) in [6, 6.07) is 0.0921. The molecule has 1 heterocycles. The molecule has 1 fully saturated rings. The molecule has 2 amide bonds.